The second kappa shape index (κ2) is 24.4. The van der Waals surface area contributed by atoms with Gasteiger partial charge < -0.3 is 28.7 Å². The number of fused-ring (bicyclic) bond motifs is 2. The van der Waals surface area contributed by atoms with Gasteiger partial charge >= 0.3 is 11.9 Å². The number of carbonyl (C=O) groups is 2. The maximum absolute atomic E-state index is 12.9. The van der Waals surface area contributed by atoms with Crippen LogP contribution in [0.15, 0.2) is 82.0 Å². The van der Waals surface area contributed by atoms with Crippen LogP contribution in [0.25, 0.3) is 39.0 Å². The number of piperidine rings is 1. The van der Waals surface area contributed by atoms with E-state index >= 15 is 0 Å². The van der Waals surface area contributed by atoms with Gasteiger partial charge in [0.05, 0.1) is 61.8 Å². The topological polar surface area (TPSA) is 179 Å². The van der Waals surface area contributed by atoms with E-state index in [2.05, 4.69) is 96.0 Å². The molecule has 3 saturated heterocycles. The summed E-state index contributed by atoms with van der Waals surface area (Å²) in [6.45, 7) is 13.2. The van der Waals surface area contributed by atoms with Crippen molar-refractivity contribution in [2.24, 2.45) is 0 Å². The van der Waals surface area contributed by atoms with Gasteiger partial charge in [-0.05, 0) is 144 Å². The van der Waals surface area contributed by atoms with Crippen molar-refractivity contribution < 1.29 is 32.9 Å². The summed E-state index contributed by atoms with van der Waals surface area (Å²) in [7, 11) is 0. The van der Waals surface area contributed by atoms with Crippen molar-refractivity contribution in [2.45, 2.75) is 83.1 Å². The molecule has 75 heavy (non-hydrogen) atoms. The van der Waals surface area contributed by atoms with E-state index in [1.807, 2.05) is 37.3 Å². The third kappa shape index (κ3) is 12.0. The van der Waals surface area contributed by atoms with Crippen LogP contribution in [-0.4, -0.2) is 142 Å². The Kier molecular flexibility index (Phi) is 17.1. The highest BCUT2D eigenvalue weighted by Gasteiger charge is 2.33. The molecule has 1 aromatic carbocycles. The lowest BCUT2D eigenvalue weighted by Gasteiger charge is -2.41. The molecule has 12 rings (SSSR count). The van der Waals surface area contributed by atoms with Crippen molar-refractivity contribution in [3.8, 4) is 16.9 Å². The molecule has 1 N–H and O–H groups in total. The van der Waals surface area contributed by atoms with E-state index in [4.69, 9.17) is 29.0 Å². The number of carbonyl (C=O) groups excluding carboxylic acids is 2. The van der Waals surface area contributed by atoms with Gasteiger partial charge in [0.1, 0.15) is 9.21 Å². The molecule has 0 amide bonds. The van der Waals surface area contributed by atoms with E-state index < -0.39 is 11.9 Å². The van der Waals surface area contributed by atoms with Crippen LogP contribution in [0.5, 0.6) is 0 Å². The summed E-state index contributed by atoms with van der Waals surface area (Å²) in [5, 5.41) is 14.8. The molecule has 0 spiro atoms. The smallest absolute Gasteiger partial charge is 0.357 e. The summed E-state index contributed by atoms with van der Waals surface area (Å²) < 4.78 is 36.6. The molecular formula is C55H62Br2FN11O6. The van der Waals surface area contributed by atoms with Crippen LogP contribution in [0.3, 0.4) is 0 Å². The Labute approximate surface area is 452 Å². The highest BCUT2D eigenvalue weighted by atomic mass is 79.9. The van der Waals surface area contributed by atoms with E-state index in [0.29, 0.717) is 56.5 Å². The number of rotatable bonds is 11. The summed E-state index contributed by atoms with van der Waals surface area (Å²) in [6, 6.07) is 23.2. The van der Waals surface area contributed by atoms with Gasteiger partial charge in [-0.15, -0.1) is 0 Å². The Bertz CT molecular complexity index is 3080. The fourth-order valence-corrected chi connectivity index (χ4v) is 11.0. The minimum Gasteiger partial charge on any atom is -0.461 e. The molecule has 7 aromatic rings. The number of ether oxygens (including phenoxy) is 4. The monoisotopic (exact) mass is 1150 g/mol. The Morgan fingerprint density at radius 3 is 1.91 bits per heavy atom. The predicted octanol–water partition coefficient (Wildman–Crippen LogP) is 10.2. The van der Waals surface area contributed by atoms with Crippen LogP contribution in [-0.2, 0) is 18.9 Å². The van der Waals surface area contributed by atoms with Crippen molar-refractivity contribution in [3.63, 3.8) is 0 Å². The zero-order valence-electron chi connectivity index (χ0n) is 42.4. The number of hydrogen-bond acceptors (Lipinski definition) is 15. The van der Waals surface area contributed by atoms with Gasteiger partial charge in [0.25, 0.3) is 0 Å². The van der Waals surface area contributed by atoms with Gasteiger partial charge in [-0.25, -0.2) is 29.5 Å². The van der Waals surface area contributed by atoms with Gasteiger partial charge in [-0.3, -0.25) is 10.00 Å². The second-order valence-electron chi connectivity index (χ2n) is 19.2. The van der Waals surface area contributed by atoms with Crippen LogP contribution in [0, 0.1) is 5.95 Å². The van der Waals surface area contributed by atoms with Gasteiger partial charge in [-0.2, -0.15) is 19.3 Å². The zero-order valence-corrected chi connectivity index (χ0v) is 45.5. The number of hydrogen-bond donors (Lipinski definition) is 1. The number of esters is 2. The Morgan fingerprint density at radius 2 is 1.32 bits per heavy atom. The Morgan fingerprint density at radius 1 is 0.693 bits per heavy atom. The fourth-order valence-electron chi connectivity index (χ4n) is 10.4. The van der Waals surface area contributed by atoms with Crippen LogP contribution in [0.4, 0.5) is 15.8 Å². The average molecular weight is 1150 g/mol. The Balaban J connectivity index is 0.000000151. The molecule has 5 aliphatic rings. The normalized spacial score (nSPS) is 17.6. The SMILES string of the molecule is CCOC(=O)c1cc(-c2ccc(N3CCOCC3)cc2)c2c(C3CCC3)nn(-c3cccc(Br)n3)c2n1.CCOC(=O)c1cc(N2CCC(N3CCOCC3)CC2)c2c(C3CCC3)[nH]nc2n1.Fc1cccc(Br)n1. The van der Waals surface area contributed by atoms with Gasteiger partial charge in [0.2, 0.25) is 5.95 Å². The highest BCUT2D eigenvalue weighted by Crippen LogP contribution is 2.44. The molecule has 0 atom stereocenters. The van der Waals surface area contributed by atoms with Gasteiger partial charge in [-0.1, -0.05) is 37.1 Å². The Hall–Kier alpha value is -5.93. The van der Waals surface area contributed by atoms with Crippen LogP contribution < -0.4 is 9.80 Å². The van der Waals surface area contributed by atoms with Crippen LogP contribution in [0.1, 0.15) is 109 Å². The number of nitrogens with zero attached hydrogens (tertiary/aromatic N) is 10. The van der Waals surface area contributed by atoms with Crippen molar-refractivity contribution in [3.05, 3.63) is 111 Å². The zero-order chi connectivity index (χ0) is 51.8. The number of H-pyrrole nitrogens is 1. The van der Waals surface area contributed by atoms with E-state index in [9.17, 15) is 14.0 Å². The molecule has 5 fully saturated rings. The number of aromatic amines is 1. The summed E-state index contributed by atoms with van der Waals surface area (Å²) in [4.78, 5) is 50.0. The van der Waals surface area contributed by atoms with E-state index in [0.717, 1.165) is 130 Å². The van der Waals surface area contributed by atoms with Crippen LogP contribution >= 0.6 is 31.9 Å². The first-order chi connectivity index (χ1) is 36.6. The van der Waals surface area contributed by atoms with E-state index in [1.165, 1.54) is 37.4 Å². The van der Waals surface area contributed by atoms with Crippen molar-refractivity contribution in [1.82, 2.24) is 44.8 Å². The maximum Gasteiger partial charge on any atom is 0.357 e. The van der Waals surface area contributed by atoms with E-state index in [-0.39, 0.29) is 18.3 Å². The molecule has 0 bridgehead atoms. The molecule has 6 aromatic heterocycles. The lowest BCUT2D eigenvalue weighted by molar-refractivity contribution is 0.0115. The van der Waals surface area contributed by atoms with Crippen molar-refractivity contribution in [1.29, 1.82) is 0 Å². The minimum atomic E-state index is -0.459. The average Bonchev–Trinajstić information content (AvgIpc) is 4.00. The maximum atomic E-state index is 12.9. The third-order valence-corrected chi connectivity index (χ3v) is 15.6. The number of morpholine rings is 2. The van der Waals surface area contributed by atoms with Crippen LogP contribution in [0.2, 0.25) is 0 Å². The third-order valence-electron chi connectivity index (χ3n) is 14.7. The largest absolute Gasteiger partial charge is 0.461 e. The van der Waals surface area contributed by atoms with Crippen molar-refractivity contribution in [2.75, 3.05) is 88.7 Å². The number of benzene rings is 1. The summed E-state index contributed by atoms with van der Waals surface area (Å²) in [5.41, 5.74) is 8.25. The molecule has 2 saturated carbocycles. The molecule has 17 nitrogen and oxygen atoms in total. The number of nitrogens with one attached hydrogen (secondary N) is 1. The number of pyridine rings is 4. The molecule has 0 radical (unpaired) electrons. The van der Waals surface area contributed by atoms with Gasteiger partial charge in [0, 0.05) is 68.5 Å². The molecule has 9 heterocycles. The first kappa shape index (κ1) is 52.5. The second-order valence-corrected chi connectivity index (χ2v) is 20.8. The lowest BCUT2D eigenvalue weighted by Crippen LogP contribution is -2.49. The molecule has 394 valence electrons. The predicted molar refractivity (Wildman–Crippen MR) is 291 cm³/mol. The fraction of sp³-hybridized carbons (Fsp3) is 0.455. The summed E-state index contributed by atoms with van der Waals surface area (Å²) in [5.74, 6) is 0.242. The molecule has 20 heteroatoms. The molecule has 3 aliphatic heterocycles. The van der Waals surface area contributed by atoms with Crippen molar-refractivity contribution >= 4 is 77.2 Å². The molecule has 2 aliphatic carbocycles. The number of aromatic nitrogens is 8. The first-order valence-corrected chi connectivity index (χ1v) is 27.8. The standard InChI is InChI=1S/C28H28BrN5O3.C22H31N5O3.C5H3BrFN/c1-2-37-28(35)22-17-21(18-9-11-20(12-10-18)33-13-15-36-16-14-33)25-26(19-5-3-6-19)32-34(27(25)30-22)24-8-4-7-23(29)31-24;1-2-30-22(28)17-14-18(19-20(15-4-3-5-15)24-25-21(19)23-17)27-8-6-16(7-9-27)26-10-12-29-13-11-26;6-4-2-1-3-5(7)8-4/h4,7-12,17,19H,2-3,5-6,13-16H2,1H3;14-16H,2-13H2,1H3,(H,23,24,25);1-3H. The summed E-state index contributed by atoms with van der Waals surface area (Å²) >= 11 is 6.49. The van der Waals surface area contributed by atoms with Gasteiger partial charge in [0.15, 0.2) is 28.5 Å². The van der Waals surface area contributed by atoms with E-state index in [1.54, 1.807) is 23.7 Å². The quantitative estimate of drug-likeness (QED) is 0.0955. The minimum absolute atomic E-state index is 0.262. The highest BCUT2D eigenvalue weighted by molar-refractivity contribution is 9.10. The number of anilines is 2. The first-order valence-electron chi connectivity index (χ1n) is 26.2. The number of halogens is 3. The lowest BCUT2D eigenvalue weighted by atomic mass is 9.81. The summed E-state index contributed by atoms with van der Waals surface area (Å²) in [6.07, 6.45) is 9.25. The molecule has 0 unspecified atom stereocenters. The molecular weight excluding hydrogens is 1090 g/mol.